The summed E-state index contributed by atoms with van der Waals surface area (Å²) in [5.41, 5.74) is 1.38. The first-order chi connectivity index (χ1) is 16.3. The summed E-state index contributed by atoms with van der Waals surface area (Å²) in [5, 5.41) is 32.9. The van der Waals surface area contributed by atoms with Gasteiger partial charge in [0.2, 0.25) is 11.2 Å². The predicted octanol–water partition coefficient (Wildman–Crippen LogP) is 3.93. The molecule has 1 aliphatic rings. The summed E-state index contributed by atoms with van der Waals surface area (Å²) in [4.78, 5) is 15.3. The summed E-state index contributed by atoms with van der Waals surface area (Å²) in [7, 11) is 1.54. The summed E-state index contributed by atoms with van der Waals surface area (Å²) >= 11 is 0. The van der Waals surface area contributed by atoms with E-state index in [1.165, 1.54) is 7.11 Å². The fourth-order valence-electron chi connectivity index (χ4n) is 4.07. The van der Waals surface area contributed by atoms with Crippen molar-refractivity contribution in [1.82, 2.24) is 4.90 Å². The molecule has 1 fully saturated rings. The molecule has 0 unspecified atom stereocenters. The highest BCUT2D eigenvalue weighted by molar-refractivity contribution is 5.92. The Kier molecular flexibility index (Phi) is 6.81. The number of fused-ring (bicyclic) bond motifs is 1. The van der Waals surface area contributed by atoms with Gasteiger partial charge in [0.1, 0.15) is 28.2 Å². The molecule has 8 heteroatoms. The monoisotopic (exact) mass is 467 g/mol. The van der Waals surface area contributed by atoms with Gasteiger partial charge in [0, 0.05) is 30.8 Å². The molecule has 1 saturated heterocycles. The number of phenols is 2. The van der Waals surface area contributed by atoms with Gasteiger partial charge in [-0.05, 0) is 44.5 Å². The molecule has 1 aromatic heterocycles. The van der Waals surface area contributed by atoms with E-state index in [0.717, 1.165) is 5.57 Å². The average molecular weight is 468 g/mol. The predicted molar refractivity (Wildman–Crippen MR) is 129 cm³/mol. The molecule has 8 nitrogen and oxygen atoms in total. The first-order valence-corrected chi connectivity index (χ1v) is 11.1. The number of benzene rings is 2. The number of phenolic OH excluding ortho intramolecular Hbond substituents is 2. The number of methoxy groups -OCH3 is 1. The number of ether oxygens (including phenoxy) is 2. The minimum atomic E-state index is -0.758. The third-order valence-corrected chi connectivity index (χ3v) is 6.01. The molecule has 3 aromatic rings. The van der Waals surface area contributed by atoms with E-state index in [1.807, 2.05) is 24.8 Å². The van der Waals surface area contributed by atoms with Gasteiger partial charge in [-0.3, -0.25) is 9.69 Å². The van der Waals surface area contributed by atoms with E-state index in [4.69, 9.17) is 13.9 Å². The van der Waals surface area contributed by atoms with Crippen molar-refractivity contribution in [3.8, 4) is 34.3 Å². The van der Waals surface area contributed by atoms with Crippen LogP contribution in [-0.4, -0.2) is 53.6 Å². The van der Waals surface area contributed by atoms with Crippen LogP contribution in [0.25, 0.3) is 22.3 Å². The number of rotatable bonds is 6. The van der Waals surface area contributed by atoms with Crippen LogP contribution >= 0.6 is 0 Å². The van der Waals surface area contributed by atoms with Gasteiger partial charge in [-0.25, -0.2) is 0 Å². The van der Waals surface area contributed by atoms with E-state index >= 15 is 0 Å². The third-order valence-electron chi connectivity index (χ3n) is 6.01. The van der Waals surface area contributed by atoms with E-state index in [1.54, 1.807) is 24.3 Å². The highest BCUT2D eigenvalue weighted by Gasteiger charge is 2.27. The second-order valence-corrected chi connectivity index (χ2v) is 8.57. The Labute approximate surface area is 197 Å². The van der Waals surface area contributed by atoms with Crippen LogP contribution < -0.4 is 10.2 Å². The smallest absolute Gasteiger partial charge is 0.238 e. The van der Waals surface area contributed by atoms with E-state index in [2.05, 4.69) is 0 Å². The second kappa shape index (κ2) is 9.79. The lowest BCUT2D eigenvalue weighted by Crippen LogP contribution is -2.35. The summed E-state index contributed by atoms with van der Waals surface area (Å²) in [5.74, 6) is -0.546. The zero-order valence-electron chi connectivity index (χ0n) is 19.6. The average Bonchev–Trinajstić information content (AvgIpc) is 2.84. The van der Waals surface area contributed by atoms with Crippen LogP contribution in [0.2, 0.25) is 0 Å². The number of nitrogens with zero attached hydrogens (tertiary/aromatic N) is 1. The molecule has 0 spiro atoms. The van der Waals surface area contributed by atoms with Gasteiger partial charge < -0.3 is 29.2 Å². The van der Waals surface area contributed by atoms with Crippen LogP contribution in [0.5, 0.6) is 23.0 Å². The van der Waals surface area contributed by atoms with Gasteiger partial charge in [0.25, 0.3) is 0 Å². The Morgan fingerprint density at radius 1 is 1.03 bits per heavy atom. The number of allylic oxidation sites excluding steroid dienone is 2. The van der Waals surface area contributed by atoms with Crippen molar-refractivity contribution in [2.75, 3.05) is 33.4 Å². The maximum atomic E-state index is 13.3. The number of hydrogen-bond acceptors (Lipinski definition) is 8. The molecule has 0 atom stereocenters. The molecule has 1 aliphatic heterocycles. The van der Waals surface area contributed by atoms with E-state index in [9.17, 15) is 20.1 Å². The minimum Gasteiger partial charge on any atom is -0.507 e. The van der Waals surface area contributed by atoms with Gasteiger partial charge in [-0.1, -0.05) is 11.6 Å². The molecule has 34 heavy (non-hydrogen) atoms. The Hall–Kier alpha value is -3.49. The Bertz CT molecular complexity index is 1280. The van der Waals surface area contributed by atoms with Crippen molar-refractivity contribution in [1.29, 1.82) is 0 Å². The van der Waals surface area contributed by atoms with Gasteiger partial charge in [-0.2, -0.15) is 0 Å². The summed E-state index contributed by atoms with van der Waals surface area (Å²) in [6.07, 6.45) is 2.20. The highest BCUT2D eigenvalue weighted by Crippen LogP contribution is 2.43. The molecule has 0 radical (unpaired) electrons. The lowest BCUT2D eigenvalue weighted by molar-refractivity contribution is 0.0336. The Morgan fingerprint density at radius 2 is 1.71 bits per heavy atom. The molecular weight excluding hydrogens is 438 g/mol. The molecule has 2 aromatic carbocycles. The third kappa shape index (κ3) is 4.47. The fraction of sp³-hybridized carbons (Fsp3) is 0.346. The molecule has 4 rings (SSSR count). The van der Waals surface area contributed by atoms with Crippen molar-refractivity contribution >= 4 is 11.0 Å². The summed E-state index contributed by atoms with van der Waals surface area (Å²) in [6.45, 7) is 6.46. The van der Waals surface area contributed by atoms with Crippen molar-refractivity contribution in [3.05, 3.63) is 57.3 Å². The van der Waals surface area contributed by atoms with Crippen molar-refractivity contribution < 1.29 is 29.2 Å². The number of aromatic hydroxyl groups is 3. The van der Waals surface area contributed by atoms with Crippen LogP contribution in [0.4, 0.5) is 0 Å². The summed E-state index contributed by atoms with van der Waals surface area (Å²) < 4.78 is 16.6. The Morgan fingerprint density at radius 3 is 2.32 bits per heavy atom. The lowest BCUT2D eigenvalue weighted by Gasteiger charge is -2.27. The zero-order valence-corrected chi connectivity index (χ0v) is 19.6. The van der Waals surface area contributed by atoms with Gasteiger partial charge >= 0.3 is 0 Å². The largest absolute Gasteiger partial charge is 0.507 e. The topological polar surface area (TPSA) is 113 Å². The molecule has 0 aliphatic carbocycles. The van der Waals surface area contributed by atoms with Crippen LogP contribution in [-0.2, 0) is 17.7 Å². The molecule has 0 amide bonds. The summed E-state index contributed by atoms with van der Waals surface area (Å²) in [6, 6.07) is 6.68. The van der Waals surface area contributed by atoms with Crippen LogP contribution in [0.3, 0.4) is 0 Å². The number of morpholine rings is 1. The van der Waals surface area contributed by atoms with E-state index in [-0.39, 0.29) is 46.8 Å². The Balaban J connectivity index is 1.96. The van der Waals surface area contributed by atoms with Crippen molar-refractivity contribution in [3.63, 3.8) is 0 Å². The lowest BCUT2D eigenvalue weighted by atomic mass is 9.98. The van der Waals surface area contributed by atoms with Gasteiger partial charge in [0.05, 0.1) is 25.9 Å². The normalized spacial score (nSPS) is 14.3. The van der Waals surface area contributed by atoms with Crippen molar-refractivity contribution in [2.24, 2.45) is 0 Å². The van der Waals surface area contributed by atoms with Gasteiger partial charge in [0.15, 0.2) is 5.76 Å². The quantitative estimate of drug-likeness (QED) is 0.468. The number of hydrogen-bond donors (Lipinski definition) is 3. The SMILES string of the molecule is COc1ccc(-c2oc3c(CC=C(C)C)c(O)c(CN4CCOCC4)c(O)c3c(=O)c2O)cc1. The fourth-order valence-corrected chi connectivity index (χ4v) is 4.07. The molecular formula is C26H29NO7. The minimum absolute atomic E-state index is 0.0432. The maximum absolute atomic E-state index is 13.3. The zero-order chi connectivity index (χ0) is 24.4. The molecule has 0 saturated carbocycles. The molecule has 2 heterocycles. The van der Waals surface area contributed by atoms with E-state index in [0.29, 0.717) is 43.2 Å². The van der Waals surface area contributed by atoms with E-state index < -0.39 is 11.2 Å². The molecule has 3 N–H and O–H groups in total. The molecule has 180 valence electrons. The highest BCUT2D eigenvalue weighted by atomic mass is 16.5. The van der Waals surface area contributed by atoms with Crippen LogP contribution in [0.15, 0.2) is 45.1 Å². The van der Waals surface area contributed by atoms with Crippen LogP contribution in [0, 0.1) is 0 Å². The maximum Gasteiger partial charge on any atom is 0.238 e. The van der Waals surface area contributed by atoms with Gasteiger partial charge in [-0.15, -0.1) is 0 Å². The second-order valence-electron chi connectivity index (χ2n) is 8.57. The van der Waals surface area contributed by atoms with Crippen molar-refractivity contribution in [2.45, 2.75) is 26.8 Å². The van der Waals surface area contributed by atoms with Crippen LogP contribution in [0.1, 0.15) is 25.0 Å². The standard InChI is InChI=1S/C26H29NO7/c1-15(2)4-9-18-21(28)19(14-27-10-12-33-13-11-27)22(29)20-23(30)24(31)25(34-26(18)20)16-5-7-17(32-3)8-6-16/h4-8,28-29,31H,9-14H2,1-3H3. The first-order valence-electron chi connectivity index (χ1n) is 11.1. The first kappa shape index (κ1) is 23.7. The molecule has 0 bridgehead atoms.